The average molecular weight is 210 g/mol. The van der Waals surface area contributed by atoms with Crippen molar-refractivity contribution in [1.29, 1.82) is 0 Å². The minimum Gasteiger partial charge on any atom is -0.303 e. The fourth-order valence-corrected chi connectivity index (χ4v) is 2.15. The molecule has 0 bridgehead atoms. The maximum Gasteiger partial charge on any atom is 0.246 e. The highest BCUT2D eigenvalue weighted by molar-refractivity contribution is 6.05. The first kappa shape index (κ1) is 10.6. The Morgan fingerprint density at radius 2 is 2.13 bits per heavy atom. The number of amides is 2. The van der Waals surface area contributed by atoms with Crippen molar-refractivity contribution in [2.24, 2.45) is 5.92 Å². The largest absolute Gasteiger partial charge is 0.303 e. The van der Waals surface area contributed by atoms with Crippen molar-refractivity contribution in [2.75, 3.05) is 7.05 Å². The van der Waals surface area contributed by atoms with Gasteiger partial charge >= 0.3 is 0 Å². The van der Waals surface area contributed by atoms with Crippen LogP contribution < -0.4 is 5.32 Å². The molecule has 2 aliphatic rings. The Balaban J connectivity index is 1.83. The summed E-state index contributed by atoms with van der Waals surface area (Å²) in [6.07, 6.45) is 4.10. The average Bonchev–Trinajstić information content (AvgIpc) is 2.94. The van der Waals surface area contributed by atoms with E-state index in [-0.39, 0.29) is 17.9 Å². The molecule has 84 valence electrons. The Labute approximate surface area is 90.0 Å². The van der Waals surface area contributed by atoms with Crippen LogP contribution in [0.1, 0.15) is 32.6 Å². The van der Waals surface area contributed by atoms with Crippen molar-refractivity contribution in [1.82, 2.24) is 10.2 Å². The lowest BCUT2D eigenvalue weighted by Crippen LogP contribution is -2.42. The molecule has 1 aliphatic heterocycles. The molecule has 4 heteroatoms. The van der Waals surface area contributed by atoms with E-state index in [0.29, 0.717) is 12.5 Å². The molecule has 2 fully saturated rings. The van der Waals surface area contributed by atoms with Crippen molar-refractivity contribution in [3.8, 4) is 0 Å². The number of likely N-dealkylation sites (tertiary alicyclic amines) is 1. The fraction of sp³-hybridized carbons (Fsp3) is 0.818. The zero-order valence-electron chi connectivity index (χ0n) is 9.32. The maximum absolute atomic E-state index is 11.6. The summed E-state index contributed by atoms with van der Waals surface area (Å²) in [5, 5.41) is 3.25. The standard InChI is InChI=1S/C11H18N2O2/c1-7(5-8-3-4-8)12-9-6-10(14)13(2)11(9)15/h7-9,12H,3-6H2,1-2H3. The lowest BCUT2D eigenvalue weighted by Gasteiger charge is -2.17. The van der Waals surface area contributed by atoms with E-state index in [4.69, 9.17) is 0 Å². The molecule has 2 atom stereocenters. The Morgan fingerprint density at radius 1 is 1.47 bits per heavy atom. The summed E-state index contributed by atoms with van der Waals surface area (Å²) < 4.78 is 0. The SMILES string of the molecule is CC(CC1CC1)NC1CC(=O)N(C)C1=O. The quantitative estimate of drug-likeness (QED) is 0.688. The number of carbonyl (C=O) groups excluding carboxylic acids is 2. The summed E-state index contributed by atoms with van der Waals surface area (Å²) in [6.45, 7) is 2.09. The van der Waals surface area contributed by atoms with Crippen LogP contribution in [0.2, 0.25) is 0 Å². The minimum atomic E-state index is -0.281. The van der Waals surface area contributed by atoms with Gasteiger partial charge in [-0.15, -0.1) is 0 Å². The molecule has 1 saturated heterocycles. The highest BCUT2D eigenvalue weighted by Crippen LogP contribution is 2.33. The molecule has 1 N–H and O–H groups in total. The molecule has 15 heavy (non-hydrogen) atoms. The molecule has 0 aromatic rings. The summed E-state index contributed by atoms with van der Waals surface area (Å²) in [4.78, 5) is 24.1. The molecule has 1 heterocycles. The van der Waals surface area contributed by atoms with Gasteiger partial charge in [-0.2, -0.15) is 0 Å². The van der Waals surface area contributed by atoms with E-state index in [0.717, 1.165) is 12.3 Å². The zero-order valence-corrected chi connectivity index (χ0v) is 9.32. The number of nitrogens with one attached hydrogen (secondary N) is 1. The van der Waals surface area contributed by atoms with Gasteiger partial charge in [0.05, 0.1) is 12.5 Å². The van der Waals surface area contributed by atoms with Gasteiger partial charge in [0, 0.05) is 13.1 Å². The number of likely N-dealkylation sites (N-methyl/N-ethyl adjacent to an activating group) is 1. The van der Waals surface area contributed by atoms with Crippen LogP contribution in [-0.2, 0) is 9.59 Å². The number of carbonyl (C=O) groups is 2. The molecule has 0 aromatic carbocycles. The summed E-state index contributed by atoms with van der Waals surface area (Å²) in [5.41, 5.74) is 0. The van der Waals surface area contributed by atoms with Gasteiger partial charge in [-0.3, -0.25) is 14.5 Å². The van der Waals surface area contributed by atoms with Crippen molar-refractivity contribution in [2.45, 2.75) is 44.7 Å². The maximum atomic E-state index is 11.6. The molecule has 2 unspecified atom stereocenters. The molecule has 0 aromatic heterocycles. The van der Waals surface area contributed by atoms with Crippen LogP contribution in [0.4, 0.5) is 0 Å². The van der Waals surface area contributed by atoms with Gasteiger partial charge in [-0.05, 0) is 19.3 Å². The van der Waals surface area contributed by atoms with Crippen molar-refractivity contribution >= 4 is 11.8 Å². The minimum absolute atomic E-state index is 0.0730. The second-order valence-electron chi connectivity index (χ2n) is 4.79. The van der Waals surface area contributed by atoms with E-state index < -0.39 is 0 Å². The van der Waals surface area contributed by atoms with E-state index in [1.165, 1.54) is 17.7 Å². The first-order chi connectivity index (χ1) is 7.08. The molecule has 2 amide bonds. The van der Waals surface area contributed by atoms with Gasteiger partial charge < -0.3 is 5.32 Å². The van der Waals surface area contributed by atoms with Crippen molar-refractivity contribution in [3.05, 3.63) is 0 Å². The molecule has 0 radical (unpaired) electrons. The van der Waals surface area contributed by atoms with Gasteiger partial charge in [-0.1, -0.05) is 12.8 Å². The Morgan fingerprint density at radius 3 is 2.60 bits per heavy atom. The van der Waals surface area contributed by atoms with Crippen LogP contribution >= 0.6 is 0 Å². The zero-order chi connectivity index (χ0) is 11.0. The fourth-order valence-electron chi connectivity index (χ4n) is 2.15. The van der Waals surface area contributed by atoms with Gasteiger partial charge in [0.25, 0.3) is 0 Å². The number of nitrogens with zero attached hydrogens (tertiary/aromatic N) is 1. The topological polar surface area (TPSA) is 49.4 Å². The third-order valence-electron chi connectivity index (χ3n) is 3.25. The summed E-state index contributed by atoms with van der Waals surface area (Å²) in [5.74, 6) is 0.691. The first-order valence-electron chi connectivity index (χ1n) is 5.64. The van der Waals surface area contributed by atoms with Crippen molar-refractivity contribution in [3.63, 3.8) is 0 Å². The number of hydrogen-bond donors (Lipinski definition) is 1. The summed E-state index contributed by atoms with van der Waals surface area (Å²) in [7, 11) is 1.55. The molecular weight excluding hydrogens is 192 g/mol. The molecule has 0 spiro atoms. The third kappa shape index (κ3) is 2.37. The third-order valence-corrected chi connectivity index (χ3v) is 3.25. The van der Waals surface area contributed by atoms with E-state index in [1.54, 1.807) is 7.05 Å². The van der Waals surface area contributed by atoms with Crippen molar-refractivity contribution < 1.29 is 9.59 Å². The van der Waals surface area contributed by atoms with E-state index in [2.05, 4.69) is 12.2 Å². The number of rotatable bonds is 4. The van der Waals surface area contributed by atoms with Crippen LogP contribution in [0.3, 0.4) is 0 Å². The molecular formula is C11H18N2O2. The highest BCUT2D eigenvalue weighted by atomic mass is 16.2. The number of hydrogen-bond acceptors (Lipinski definition) is 3. The lowest BCUT2D eigenvalue weighted by atomic mass is 10.1. The van der Waals surface area contributed by atoms with Gasteiger partial charge in [0.15, 0.2) is 0 Å². The van der Waals surface area contributed by atoms with Gasteiger partial charge in [0.2, 0.25) is 11.8 Å². The second-order valence-corrected chi connectivity index (χ2v) is 4.79. The van der Waals surface area contributed by atoms with Crippen LogP contribution in [0.25, 0.3) is 0 Å². The normalized spacial score (nSPS) is 28.7. The Hall–Kier alpha value is -0.900. The van der Waals surface area contributed by atoms with Crippen LogP contribution in [0.15, 0.2) is 0 Å². The van der Waals surface area contributed by atoms with E-state index in [9.17, 15) is 9.59 Å². The van der Waals surface area contributed by atoms with Crippen LogP contribution in [-0.4, -0.2) is 35.8 Å². The molecule has 2 rings (SSSR count). The predicted octanol–water partition coefficient (Wildman–Crippen LogP) is 0.522. The lowest BCUT2D eigenvalue weighted by molar-refractivity contribution is -0.137. The highest BCUT2D eigenvalue weighted by Gasteiger charge is 2.37. The van der Waals surface area contributed by atoms with Gasteiger partial charge in [0.1, 0.15) is 0 Å². The predicted molar refractivity (Wildman–Crippen MR) is 56.1 cm³/mol. The monoisotopic (exact) mass is 210 g/mol. The molecule has 4 nitrogen and oxygen atoms in total. The smallest absolute Gasteiger partial charge is 0.246 e. The molecule has 1 saturated carbocycles. The Bertz CT molecular complexity index is 286. The number of imide groups is 1. The first-order valence-corrected chi connectivity index (χ1v) is 5.64. The van der Waals surface area contributed by atoms with Gasteiger partial charge in [-0.25, -0.2) is 0 Å². The van der Waals surface area contributed by atoms with E-state index >= 15 is 0 Å². The summed E-state index contributed by atoms with van der Waals surface area (Å²) in [6, 6.07) is 0.0574. The molecule has 1 aliphatic carbocycles. The summed E-state index contributed by atoms with van der Waals surface area (Å²) >= 11 is 0. The second kappa shape index (κ2) is 3.93. The van der Waals surface area contributed by atoms with Crippen LogP contribution in [0, 0.1) is 5.92 Å². The Kier molecular flexibility index (Phi) is 2.78. The van der Waals surface area contributed by atoms with E-state index in [1.807, 2.05) is 0 Å². The van der Waals surface area contributed by atoms with Crippen LogP contribution in [0.5, 0.6) is 0 Å².